The van der Waals surface area contributed by atoms with Crippen LogP contribution in [0, 0.1) is 0 Å². The van der Waals surface area contributed by atoms with Crippen molar-refractivity contribution in [3.8, 4) is 0 Å². The lowest BCUT2D eigenvalue weighted by Crippen LogP contribution is -2.41. The third-order valence-electron chi connectivity index (χ3n) is 7.87. The molecular formula is C30H38N8O3. The Morgan fingerprint density at radius 2 is 1.20 bits per heavy atom. The van der Waals surface area contributed by atoms with Gasteiger partial charge in [-0.3, -0.25) is 14.4 Å². The van der Waals surface area contributed by atoms with Gasteiger partial charge < -0.3 is 21.7 Å². The summed E-state index contributed by atoms with van der Waals surface area (Å²) in [5.41, 5.74) is 5.67. The van der Waals surface area contributed by atoms with E-state index in [9.17, 15) is 14.4 Å². The van der Waals surface area contributed by atoms with Gasteiger partial charge in [-0.2, -0.15) is 10.2 Å². The number of aromatic amines is 2. The van der Waals surface area contributed by atoms with Gasteiger partial charge in [0.15, 0.2) is 11.6 Å². The molecule has 2 aromatic heterocycles. The van der Waals surface area contributed by atoms with E-state index in [1.54, 1.807) is 13.0 Å². The average Bonchev–Trinajstić information content (AvgIpc) is 2.97. The van der Waals surface area contributed by atoms with E-state index in [1.807, 2.05) is 42.5 Å². The van der Waals surface area contributed by atoms with Crippen molar-refractivity contribution in [3.63, 3.8) is 0 Å². The van der Waals surface area contributed by atoms with Gasteiger partial charge in [-0.05, 0) is 63.5 Å². The fourth-order valence-corrected chi connectivity index (χ4v) is 5.93. The zero-order valence-electron chi connectivity index (χ0n) is 23.3. The summed E-state index contributed by atoms with van der Waals surface area (Å²) in [6.45, 7) is 1.55. The van der Waals surface area contributed by atoms with E-state index < -0.39 is 0 Å². The third-order valence-corrected chi connectivity index (χ3v) is 7.87. The lowest BCUT2D eigenvalue weighted by atomic mass is 9.91. The van der Waals surface area contributed by atoms with Crippen molar-refractivity contribution >= 4 is 39.1 Å². The molecule has 1 amide bonds. The van der Waals surface area contributed by atoms with E-state index in [1.165, 1.54) is 0 Å². The van der Waals surface area contributed by atoms with Crippen LogP contribution < -0.4 is 32.8 Å². The van der Waals surface area contributed by atoms with Crippen LogP contribution in [0.1, 0.15) is 58.3 Å². The minimum atomic E-state index is -0.180. The molecule has 2 aliphatic carbocycles. The highest BCUT2D eigenvalue weighted by molar-refractivity contribution is 5.91. The maximum Gasteiger partial charge on any atom is 0.272 e. The highest BCUT2D eigenvalue weighted by atomic mass is 16.1. The molecule has 41 heavy (non-hydrogen) atoms. The second kappa shape index (κ2) is 12.9. The first kappa shape index (κ1) is 28.3. The van der Waals surface area contributed by atoms with Crippen molar-refractivity contribution in [1.82, 2.24) is 25.7 Å². The molecule has 7 N–H and O–H groups in total. The summed E-state index contributed by atoms with van der Waals surface area (Å²) in [6, 6.07) is 16.0. The standard InChI is InChI=1S/C16H20N4O2.C14H18N4O/c1-10(21)17-11-5-4-6-12(9-11)18-15-13-7-2-3-8-14(13)16(22)20-19-15;15-9-4-3-5-10(8-9)16-13-11-6-1-2-7-12(11)14(19)18-17-13/h2-3,7-8,11-12H,4-6,9H2,1H3,(H,17,21)(H,18,19)(H,20,22);1-2,6-7,9-10H,3-5,8,15H2,(H,16,17)(H,18,19)/t11-,12?;9-,10?/m11/s1. The molecule has 0 aliphatic heterocycles. The number of carbonyl (C=O) groups excluding carboxylic acids is 1. The van der Waals surface area contributed by atoms with Gasteiger partial charge in [0, 0.05) is 41.9 Å². The number of carbonyl (C=O) groups is 1. The number of nitrogens with two attached hydrogens (primary N) is 1. The molecule has 0 radical (unpaired) electrons. The molecule has 2 aromatic carbocycles. The SMILES string of the molecule is CC(=O)N[C@@H]1CCCC(Nc2n[nH]c(=O)c3ccccc23)C1.N[C@@H]1CCCC(Nc2n[nH]c(=O)c3ccccc23)C1. The monoisotopic (exact) mass is 558 g/mol. The molecule has 0 spiro atoms. The van der Waals surface area contributed by atoms with Crippen LogP contribution >= 0.6 is 0 Å². The molecule has 0 bridgehead atoms. The van der Waals surface area contributed by atoms with Gasteiger partial charge in [0.05, 0.1) is 10.8 Å². The Kier molecular flexibility index (Phi) is 8.93. The number of hydrogen-bond donors (Lipinski definition) is 6. The van der Waals surface area contributed by atoms with Crippen molar-refractivity contribution in [1.29, 1.82) is 0 Å². The van der Waals surface area contributed by atoms with E-state index in [2.05, 4.69) is 36.3 Å². The highest BCUT2D eigenvalue weighted by Crippen LogP contribution is 2.25. The quantitative estimate of drug-likeness (QED) is 0.216. The van der Waals surface area contributed by atoms with Crippen molar-refractivity contribution < 1.29 is 4.79 Å². The molecule has 11 nitrogen and oxygen atoms in total. The Morgan fingerprint density at radius 3 is 1.71 bits per heavy atom. The summed E-state index contributed by atoms with van der Waals surface area (Å²) < 4.78 is 0. The van der Waals surface area contributed by atoms with Crippen molar-refractivity contribution in [3.05, 3.63) is 69.2 Å². The highest BCUT2D eigenvalue weighted by Gasteiger charge is 2.23. The number of anilines is 2. The normalized spacial score (nSPS) is 22.4. The molecule has 2 heterocycles. The number of benzene rings is 2. The number of H-pyrrole nitrogens is 2. The zero-order valence-corrected chi connectivity index (χ0v) is 23.3. The topological polar surface area (TPSA) is 171 Å². The average molecular weight is 559 g/mol. The summed E-state index contributed by atoms with van der Waals surface area (Å²) in [4.78, 5) is 34.7. The van der Waals surface area contributed by atoms with Crippen molar-refractivity contribution in [2.75, 3.05) is 10.6 Å². The number of rotatable bonds is 5. The molecule has 216 valence electrons. The van der Waals surface area contributed by atoms with Crippen molar-refractivity contribution in [2.45, 2.75) is 82.5 Å². The molecule has 2 unspecified atom stereocenters. The first-order valence-electron chi connectivity index (χ1n) is 14.4. The minimum absolute atomic E-state index is 0.0123. The first-order chi connectivity index (χ1) is 19.9. The van der Waals surface area contributed by atoms with Crippen LogP contribution in [0.15, 0.2) is 58.1 Å². The largest absolute Gasteiger partial charge is 0.365 e. The van der Waals surface area contributed by atoms with Gasteiger partial charge in [-0.15, -0.1) is 0 Å². The van der Waals surface area contributed by atoms with Crippen LogP contribution in [0.3, 0.4) is 0 Å². The Bertz CT molecular complexity index is 1620. The summed E-state index contributed by atoms with van der Waals surface area (Å²) in [6.07, 6.45) is 8.26. The second-order valence-corrected chi connectivity index (χ2v) is 11.1. The van der Waals surface area contributed by atoms with Crippen LogP contribution in [0.25, 0.3) is 21.5 Å². The third kappa shape index (κ3) is 7.10. The van der Waals surface area contributed by atoms with E-state index in [-0.39, 0.29) is 35.2 Å². The van der Waals surface area contributed by atoms with E-state index >= 15 is 0 Å². The Morgan fingerprint density at radius 1 is 0.732 bits per heavy atom. The predicted molar refractivity (Wildman–Crippen MR) is 162 cm³/mol. The molecule has 4 atom stereocenters. The lowest BCUT2D eigenvalue weighted by Gasteiger charge is -2.30. The van der Waals surface area contributed by atoms with Gasteiger partial charge >= 0.3 is 0 Å². The summed E-state index contributed by atoms with van der Waals surface area (Å²) in [5.74, 6) is 1.45. The summed E-state index contributed by atoms with van der Waals surface area (Å²) in [5, 5.41) is 26.2. The van der Waals surface area contributed by atoms with E-state index in [4.69, 9.17) is 5.73 Å². The molecule has 11 heteroatoms. The zero-order chi connectivity index (χ0) is 28.8. The number of aromatic nitrogens is 4. The van der Waals surface area contributed by atoms with Crippen LogP contribution in [0.2, 0.25) is 0 Å². The van der Waals surface area contributed by atoms with Crippen LogP contribution in [-0.4, -0.2) is 50.5 Å². The van der Waals surface area contributed by atoms with Gasteiger partial charge in [-0.25, -0.2) is 10.2 Å². The summed E-state index contributed by atoms with van der Waals surface area (Å²) >= 11 is 0. The maximum atomic E-state index is 11.8. The van der Waals surface area contributed by atoms with Crippen LogP contribution in [-0.2, 0) is 4.79 Å². The van der Waals surface area contributed by atoms with Gasteiger partial charge in [0.25, 0.3) is 11.1 Å². The predicted octanol–water partition coefficient (Wildman–Crippen LogP) is 3.39. The van der Waals surface area contributed by atoms with E-state index in [0.29, 0.717) is 22.6 Å². The fourth-order valence-electron chi connectivity index (χ4n) is 5.93. The Balaban J connectivity index is 0.000000166. The lowest BCUT2D eigenvalue weighted by molar-refractivity contribution is -0.119. The smallest absolute Gasteiger partial charge is 0.272 e. The van der Waals surface area contributed by atoms with Gasteiger partial charge in [-0.1, -0.05) is 36.4 Å². The van der Waals surface area contributed by atoms with Crippen LogP contribution in [0.5, 0.6) is 0 Å². The Labute approximate surface area is 237 Å². The first-order valence-corrected chi connectivity index (χ1v) is 14.4. The second-order valence-electron chi connectivity index (χ2n) is 11.1. The van der Waals surface area contributed by atoms with E-state index in [0.717, 1.165) is 68.0 Å². The molecule has 4 aromatic rings. The Hall–Kier alpha value is -4.25. The number of nitrogens with zero attached hydrogens (tertiary/aromatic N) is 2. The number of fused-ring (bicyclic) bond motifs is 2. The molecular weight excluding hydrogens is 520 g/mol. The number of hydrogen-bond acceptors (Lipinski definition) is 8. The molecule has 2 saturated carbocycles. The molecule has 6 rings (SSSR count). The number of amides is 1. The van der Waals surface area contributed by atoms with Gasteiger partial charge in [0.2, 0.25) is 5.91 Å². The number of nitrogens with one attached hydrogen (secondary N) is 5. The van der Waals surface area contributed by atoms with Gasteiger partial charge in [0.1, 0.15) is 0 Å². The minimum Gasteiger partial charge on any atom is -0.365 e. The molecule has 2 fully saturated rings. The fraction of sp³-hybridized carbons (Fsp3) is 0.433. The summed E-state index contributed by atoms with van der Waals surface area (Å²) in [7, 11) is 0. The van der Waals surface area contributed by atoms with Crippen LogP contribution in [0.4, 0.5) is 11.6 Å². The molecule has 2 aliphatic rings. The molecule has 0 saturated heterocycles. The van der Waals surface area contributed by atoms with Crippen molar-refractivity contribution in [2.24, 2.45) is 5.73 Å². The maximum absolute atomic E-state index is 11.8.